The highest BCUT2D eigenvalue weighted by Crippen LogP contribution is 2.27. The molecule has 0 aliphatic rings. The van der Waals surface area contributed by atoms with Crippen molar-refractivity contribution < 1.29 is 9.84 Å². The third-order valence-corrected chi connectivity index (χ3v) is 3.30. The zero-order valence-electron chi connectivity index (χ0n) is 11.4. The van der Waals surface area contributed by atoms with E-state index in [1.807, 2.05) is 49.5 Å². The molecule has 4 heteroatoms. The molecule has 3 nitrogen and oxygen atoms in total. The van der Waals surface area contributed by atoms with Crippen molar-refractivity contribution >= 4 is 11.6 Å². The largest absolute Gasteiger partial charge is 0.457 e. The molecule has 0 heterocycles. The molecule has 0 amide bonds. The molecule has 0 radical (unpaired) electrons. The van der Waals surface area contributed by atoms with Gasteiger partial charge in [0.15, 0.2) is 0 Å². The fourth-order valence-electron chi connectivity index (χ4n) is 1.91. The molecule has 0 bridgehead atoms. The van der Waals surface area contributed by atoms with E-state index in [-0.39, 0.29) is 6.61 Å². The van der Waals surface area contributed by atoms with Crippen LogP contribution in [0.5, 0.6) is 11.5 Å². The van der Waals surface area contributed by atoms with Crippen LogP contribution in [0.4, 0.5) is 0 Å². The minimum Gasteiger partial charge on any atom is -0.457 e. The molecule has 0 spiro atoms. The molecule has 2 aromatic rings. The van der Waals surface area contributed by atoms with Crippen LogP contribution >= 0.6 is 11.6 Å². The summed E-state index contributed by atoms with van der Waals surface area (Å²) in [7, 11) is 1.88. The van der Waals surface area contributed by atoms with Crippen LogP contribution in [-0.4, -0.2) is 18.8 Å². The number of halogens is 1. The van der Waals surface area contributed by atoms with E-state index in [4.69, 9.17) is 21.4 Å². The summed E-state index contributed by atoms with van der Waals surface area (Å²) < 4.78 is 5.76. The van der Waals surface area contributed by atoms with Crippen LogP contribution < -0.4 is 10.1 Å². The monoisotopic (exact) mass is 291 g/mol. The second kappa shape index (κ2) is 7.29. The van der Waals surface area contributed by atoms with Gasteiger partial charge in [-0.3, -0.25) is 0 Å². The fraction of sp³-hybridized carbons (Fsp3) is 0.250. The quantitative estimate of drug-likeness (QED) is 0.857. The Morgan fingerprint density at radius 3 is 2.40 bits per heavy atom. The number of nitrogens with one attached hydrogen (secondary N) is 1. The molecule has 0 saturated carbocycles. The van der Waals surface area contributed by atoms with E-state index in [0.29, 0.717) is 17.2 Å². The minimum absolute atomic E-state index is 0.155. The first-order chi connectivity index (χ1) is 9.72. The molecule has 0 aliphatic carbocycles. The van der Waals surface area contributed by atoms with Gasteiger partial charge in [-0.15, -0.1) is 0 Å². The summed E-state index contributed by atoms with van der Waals surface area (Å²) in [4.78, 5) is 0. The average molecular weight is 292 g/mol. The molecule has 0 fully saturated rings. The number of rotatable bonds is 6. The molecule has 20 heavy (non-hydrogen) atoms. The molecule has 106 valence electrons. The summed E-state index contributed by atoms with van der Waals surface area (Å²) in [6.07, 6.45) is 0.658. The predicted molar refractivity (Wildman–Crippen MR) is 81.5 cm³/mol. The zero-order valence-corrected chi connectivity index (χ0v) is 12.2. The lowest BCUT2D eigenvalue weighted by Crippen LogP contribution is -2.05. The highest BCUT2D eigenvalue weighted by Gasteiger charge is 2.03. The summed E-state index contributed by atoms with van der Waals surface area (Å²) >= 11 is 6.19. The normalized spacial score (nSPS) is 10.6. The average Bonchev–Trinajstić information content (AvgIpc) is 2.44. The van der Waals surface area contributed by atoms with Gasteiger partial charge < -0.3 is 15.2 Å². The lowest BCUT2D eigenvalue weighted by molar-refractivity contribution is 0.299. The van der Waals surface area contributed by atoms with E-state index >= 15 is 0 Å². The van der Waals surface area contributed by atoms with Crippen molar-refractivity contribution in [1.82, 2.24) is 5.32 Å². The maximum Gasteiger partial charge on any atom is 0.128 e. The SMILES string of the molecule is CNCc1ccc(Oc2ccc(CCO)cc2)cc1Cl. The van der Waals surface area contributed by atoms with Gasteiger partial charge in [0.05, 0.1) is 0 Å². The molecule has 0 unspecified atom stereocenters. The Morgan fingerprint density at radius 2 is 1.80 bits per heavy atom. The van der Waals surface area contributed by atoms with Gasteiger partial charge in [-0.1, -0.05) is 29.8 Å². The van der Waals surface area contributed by atoms with E-state index in [2.05, 4.69) is 5.32 Å². The molecule has 0 atom stereocenters. The van der Waals surface area contributed by atoms with Crippen molar-refractivity contribution in [3.63, 3.8) is 0 Å². The number of aliphatic hydroxyl groups excluding tert-OH is 1. The third-order valence-electron chi connectivity index (χ3n) is 2.95. The van der Waals surface area contributed by atoms with Crippen LogP contribution in [0.2, 0.25) is 5.02 Å². The molecule has 0 aromatic heterocycles. The van der Waals surface area contributed by atoms with Gasteiger partial charge in [0.1, 0.15) is 11.5 Å². The van der Waals surface area contributed by atoms with Crippen LogP contribution in [0.15, 0.2) is 42.5 Å². The highest BCUT2D eigenvalue weighted by molar-refractivity contribution is 6.31. The Bertz CT molecular complexity index is 555. The first-order valence-electron chi connectivity index (χ1n) is 6.53. The predicted octanol–water partition coefficient (Wildman–Crippen LogP) is 3.39. The van der Waals surface area contributed by atoms with Crippen molar-refractivity contribution in [3.8, 4) is 11.5 Å². The number of benzene rings is 2. The molecule has 2 rings (SSSR count). The van der Waals surface area contributed by atoms with Crippen LogP contribution in [-0.2, 0) is 13.0 Å². The number of aliphatic hydroxyl groups is 1. The molecular weight excluding hydrogens is 274 g/mol. The zero-order chi connectivity index (χ0) is 14.4. The maximum atomic E-state index is 8.87. The van der Waals surface area contributed by atoms with Crippen molar-refractivity contribution in [3.05, 3.63) is 58.6 Å². The lowest BCUT2D eigenvalue weighted by atomic mass is 10.1. The Morgan fingerprint density at radius 1 is 1.10 bits per heavy atom. The van der Waals surface area contributed by atoms with Crippen LogP contribution in [0.3, 0.4) is 0 Å². The fourth-order valence-corrected chi connectivity index (χ4v) is 2.15. The first kappa shape index (κ1) is 14.9. The van der Waals surface area contributed by atoms with E-state index in [9.17, 15) is 0 Å². The number of hydrogen-bond donors (Lipinski definition) is 2. The van der Waals surface area contributed by atoms with Gasteiger partial charge in [0.2, 0.25) is 0 Å². The summed E-state index contributed by atoms with van der Waals surface area (Å²) in [6.45, 7) is 0.887. The number of ether oxygens (including phenoxy) is 1. The topological polar surface area (TPSA) is 41.5 Å². The van der Waals surface area contributed by atoms with E-state index in [1.165, 1.54) is 0 Å². The van der Waals surface area contributed by atoms with E-state index < -0.39 is 0 Å². The van der Waals surface area contributed by atoms with Gasteiger partial charge in [-0.2, -0.15) is 0 Å². The summed E-state index contributed by atoms with van der Waals surface area (Å²) in [6, 6.07) is 13.3. The van der Waals surface area contributed by atoms with Crippen LogP contribution in [0, 0.1) is 0 Å². The molecule has 2 aromatic carbocycles. The second-order valence-electron chi connectivity index (χ2n) is 4.50. The summed E-state index contributed by atoms with van der Waals surface area (Å²) in [5.41, 5.74) is 2.13. The van der Waals surface area contributed by atoms with Gasteiger partial charge in [-0.05, 0) is 48.9 Å². The standard InChI is InChI=1S/C16H18ClNO2/c1-18-11-13-4-7-15(10-16(13)17)20-14-5-2-12(3-6-14)8-9-19/h2-7,10,18-19H,8-9,11H2,1H3. The van der Waals surface area contributed by atoms with Crippen molar-refractivity contribution in [1.29, 1.82) is 0 Å². The van der Waals surface area contributed by atoms with Gasteiger partial charge in [0, 0.05) is 18.2 Å². The summed E-state index contributed by atoms with van der Waals surface area (Å²) in [5.74, 6) is 1.47. The van der Waals surface area contributed by atoms with E-state index in [0.717, 1.165) is 23.4 Å². The Balaban J connectivity index is 2.07. The van der Waals surface area contributed by atoms with Crippen molar-refractivity contribution in [2.45, 2.75) is 13.0 Å². The molecule has 0 aliphatic heterocycles. The van der Waals surface area contributed by atoms with Gasteiger partial charge in [-0.25, -0.2) is 0 Å². The van der Waals surface area contributed by atoms with Crippen molar-refractivity contribution in [2.24, 2.45) is 0 Å². The highest BCUT2D eigenvalue weighted by atomic mass is 35.5. The Hall–Kier alpha value is -1.55. The Labute approximate surface area is 124 Å². The smallest absolute Gasteiger partial charge is 0.128 e. The molecular formula is C16H18ClNO2. The van der Waals surface area contributed by atoms with Crippen LogP contribution in [0.25, 0.3) is 0 Å². The van der Waals surface area contributed by atoms with Crippen molar-refractivity contribution in [2.75, 3.05) is 13.7 Å². The van der Waals surface area contributed by atoms with E-state index in [1.54, 1.807) is 0 Å². The lowest BCUT2D eigenvalue weighted by Gasteiger charge is -2.09. The summed E-state index contributed by atoms with van der Waals surface area (Å²) in [5, 5.41) is 12.6. The Kier molecular flexibility index (Phi) is 5.41. The van der Waals surface area contributed by atoms with Gasteiger partial charge >= 0.3 is 0 Å². The second-order valence-corrected chi connectivity index (χ2v) is 4.91. The minimum atomic E-state index is 0.155. The molecule has 0 saturated heterocycles. The van der Waals surface area contributed by atoms with Crippen LogP contribution in [0.1, 0.15) is 11.1 Å². The molecule has 2 N–H and O–H groups in total. The number of hydrogen-bond acceptors (Lipinski definition) is 3. The first-order valence-corrected chi connectivity index (χ1v) is 6.91. The van der Waals surface area contributed by atoms with Gasteiger partial charge in [0.25, 0.3) is 0 Å². The third kappa shape index (κ3) is 3.97. The maximum absolute atomic E-state index is 8.87.